The molecular formula is C23H25N. The molecule has 0 aliphatic heterocycles. The van der Waals surface area contributed by atoms with Crippen molar-refractivity contribution in [2.45, 2.75) is 45.9 Å². The number of hydrogen-bond acceptors (Lipinski definition) is 1. The molecule has 0 bridgehead atoms. The highest BCUT2D eigenvalue weighted by atomic mass is 14.7. The highest BCUT2D eigenvalue weighted by molar-refractivity contribution is 5.95. The zero-order valence-corrected chi connectivity index (χ0v) is 13.9. The standard InChI is InChI=1S/C23H25N/c1-16-11-17(2)13-21(12-16)23-22-8-7-19(14-18-5-3-4-6-18)15-20(22)9-10-24-23/h7-13,15,18H,3-6,14H2,1-2H3/i1D3,9D,10D,13D. The van der Waals surface area contributed by atoms with E-state index in [1.165, 1.54) is 37.8 Å². The number of pyridine rings is 1. The van der Waals surface area contributed by atoms with Crippen molar-refractivity contribution in [3.05, 3.63) is 65.3 Å². The quantitative estimate of drug-likeness (QED) is 0.555. The molecule has 1 aliphatic carbocycles. The predicted molar refractivity (Wildman–Crippen MR) is 102 cm³/mol. The molecule has 1 fully saturated rings. The Morgan fingerprint density at radius 3 is 2.88 bits per heavy atom. The van der Waals surface area contributed by atoms with Crippen molar-refractivity contribution in [2.75, 3.05) is 0 Å². The van der Waals surface area contributed by atoms with Gasteiger partial charge in [-0.05, 0) is 55.2 Å². The van der Waals surface area contributed by atoms with Gasteiger partial charge < -0.3 is 0 Å². The van der Waals surface area contributed by atoms with Crippen LogP contribution < -0.4 is 0 Å². The summed E-state index contributed by atoms with van der Waals surface area (Å²) in [5.74, 6) is 0.673. The fourth-order valence-electron chi connectivity index (χ4n) is 3.83. The van der Waals surface area contributed by atoms with E-state index in [4.69, 9.17) is 8.22 Å². The lowest BCUT2D eigenvalue weighted by Gasteiger charge is -2.12. The maximum Gasteiger partial charge on any atom is 0.0840 e. The summed E-state index contributed by atoms with van der Waals surface area (Å²) in [5.41, 5.74) is 2.65. The van der Waals surface area contributed by atoms with E-state index in [2.05, 4.69) is 4.98 Å². The second-order valence-corrected chi connectivity index (χ2v) is 6.90. The first-order chi connectivity index (χ1) is 14.1. The molecule has 122 valence electrons. The van der Waals surface area contributed by atoms with Crippen LogP contribution in [0, 0.1) is 19.7 Å². The van der Waals surface area contributed by atoms with Crippen molar-refractivity contribution in [3.63, 3.8) is 0 Å². The fourth-order valence-corrected chi connectivity index (χ4v) is 3.83. The highest BCUT2D eigenvalue weighted by Crippen LogP contribution is 2.31. The Bertz CT molecular complexity index is 1110. The summed E-state index contributed by atoms with van der Waals surface area (Å²) < 4.78 is 48.4. The van der Waals surface area contributed by atoms with Gasteiger partial charge in [0.05, 0.1) is 9.81 Å². The Balaban J connectivity index is 1.90. The number of aromatic nitrogens is 1. The van der Waals surface area contributed by atoms with E-state index >= 15 is 0 Å². The van der Waals surface area contributed by atoms with Gasteiger partial charge in [-0.2, -0.15) is 0 Å². The predicted octanol–water partition coefficient (Wildman–Crippen LogP) is 6.25. The first kappa shape index (κ1) is 9.98. The molecule has 2 aromatic carbocycles. The molecule has 1 aromatic heterocycles. The minimum absolute atomic E-state index is 0.0669. The Morgan fingerprint density at radius 1 is 1.17 bits per heavy atom. The zero-order chi connectivity index (χ0) is 21.6. The summed E-state index contributed by atoms with van der Waals surface area (Å²) in [5, 5.41) is 1.32. The van der Waals surface area contributed by atoms with Crippen molar-refractivity contribution in [1.82, 2.24) is 4.98 Å². The van der Waals surface area contributed by atoms with Crippen molar-refractivity contribution >= 4 is 10.8 Å². The minimum Gasteiger partial charge on any atom is -0.256 e. The lowest BCUT2D eigenvalue weighted by Crippen LogP contribution is -1.98. The van der Waals surface area contributed by atoms with Gasteiger partial charge in [-0.3, -0.25) is 4.98 Å². The normalized spacial score (nSPS) is 19.4. The third-order valence-electron chi connectivity index (χ3n) is 4.96. The van der Waals surface area contributed by atoms with Gasteiger partial charge >= 0.3 is 0 Å². The average Bonchev–Trinajstić information content (AvgIpc) is 3.19. The van der Waals surface area contributed by atoms with Crippen LogP contribution in [-0.2, 0) is 6.42 Å². The third kappa shape index (κ3) is 3.08. The van der Waals surface area contributed by atoms with Crippen LogP contribution >= 0.6 is 0 Å². The zero-order valence-electron chi connectivity index (χ0n) is 19.9. The molecule has 1 heterocycles. The van der Waals surface area contributed by atoms with Crippen LogP contribution in [-0.4, -0.2) is 4.98 Å². The molecular weight excluding hydrogens is 290 g/mol. The van der Waals surface area contributed by atoms with Crippen molar-refractivity contribution < 1.29 is 8.22 Å². The van der Waals surface area contributed by atoms with Gasteiger partial charge in [-0.15, -0.1) is 0 Å². The fraction of sp³-hybridized carbons (Fsp3) is 0.348. The summed E-state index contributed by atoms with van der Waals surface area (Å²) >= 11 is 0. The van der Waals surface area contributed by atoms with Gasteiger partial charge in [-0.25, -0.2) is 0 Å². The molecule has 0 amide bonds. The minimum atomic E-state index is -2.30. The van der Waals surface area contributed by atoms with Crippen LogP contribution in [0.2, 0.25) is 0 Å². The number of aryl methyl sites for hydroxylation is 2. The SMILES string of the molecule is [2H]c1nc(-c2cc(C([2H])([2H])[2H])cc(C)c2[2H])c2ccc(CC3CCCC3)cc2c1[2H]. The molecule has 3 aromatic rings. The lowest BCUT2D eigenvalue weighted by atomic mass is 9.94. The van der Waals surface area contributed by atoms with Crippen LogP contribution in [0.1, 0.15) is 50.6 Å². The number of hydrogen-bond donors (Lipinski definition) is 0. The summed E-state index contributed by atoms with van der Waals surface area (Å²) in [7, 11) is 0. The first-order valence-electron chi connectivity index (χ1n) is 11.7. The summed E-state index contributed by atoms with van der Waals surface area (Å²) in [6.45, 7) is -0.583. The first-order valence-corrected chi connectivity index (χ1v) is 8.67. The van der Waals surface area contributed by atoms with E-state index in [0.717, 1.165) is 12.0 Å². The van der Waals surface area contributed by atoms with Gasteiger partial charge in [0, 0.05) is 21.2 Å². The van der Waals surface area contributed by atoms with Crippen molar-refractivity contribution in [2.24, 2.45) is 5.92 Å². The molecule has 0 radical (unpaired) electrons. The third-order valence-corrected chi connectivity index (χ3v) is 4.96. The highest BCUT2D eigenvalue weighted by Gasteiger charge is 2.16. The Labute approximate surface area is 153 Å². The van der Waals surface area contributed by atoms with Crippen LogP contribution in [0.3, 0.4) is 0 Å². The van der Waals surface area contributed by atoms with E-state index in [-0.39, 0.29) is 23.8 Å². The van der Waals surface area contributed by atoms with Crippen molar-refractivity contribution in [3.8, 4) is 11.3 Å². The lowest BCUT2D eigenvalue weighted by molar-refractivity contribution is 0.547. The van der Waals surface area contributed by atoms with Crippen LogP contribution in [0.15, 0.2) is 48.6 Å². The molecule has 0 unspecified atom stereocenters. The molecule has 0 atom stereocenters. The van der Waals surface area contributed by atoms with E-state index in [1.54, 1.807) is 6.92 Å². The maximum atomic E-state index is 8.49. The largest absolute Gasteiger partial charge is 0.256 e. The van der Waals surface area contributed by atoms with Gasteiger partial charge in [-0.1, -0.05) is 61.1 Å². The van der Waals surface area contributed by atoms with Crippen LogP contribution in [0.4, 0.5) is 0 Å². The van der Waals surface area contributed by atoms with E-state index < -0.39 is 6.85 Å². The van der Waals surface area contributed by atoms with Crippen LogP contribution in [0.25, 0.3) is 22.0 Å². The molecule has 0 spiro atoms. The molecule has 1 saturated carbocycles. The number of benzene rings is 2. The smallest absolute Gasteiger partial charge is 0.0840 e. The summed E-state index contributed by atoms with van der Waals surface area (Å²) in [6.07, 6.45) is 5.84. The average molecular weight is 321 g/mol. The molecule has 24 heavy (non-hydrogen) atoms. The number of rotatable bonds is 3. The van der Waals surface area contributed by atoms with E-state index in [1.807, 2.05) is 18.2 Å². The monoisotopic (exact) mass is 321 g/mol. The number of fused-ring (bicyclic) bond motifs is 1. The van der Waals surface area contributed by atoms with Crippen LogP contribution in [0.5, 0.6) is 0 Å². The Hall–Kier alpha value is -2.15. The summed E-state index contributed by atoms with van der Waals surface area (Å²) in [6, 6.07) is 9.19. The van der Waals surface area contributed by atoms with E-state index in [0.29, 0.717) is 33.5 Å². The van der Waals surface area contributed by atoms with Gasteiger partial charge in [0.2, 0.25) is 0 Å². The number of nitrogens with zero attached hydrogens (tertiary/aromatic N) is 1. The Kier molecular flexibility index (Phi) is 2.66. The van der Waals surface area contributed by atoms with Gasteiger partial charge in [0.25, 0.3) is 0 Å². The van der Waals surface area contributed by atoms with Gasteiger partial charge in [0.1, 0.15) is 0 Å². The second kappa shape index (κ2) is 6.39. The molecule has 0 N–H and O–H groups in total. The molecule has 4 rings (SSSR count). The molecule has 0 saturated heterocycles. The molecule has 1 nitrogen and oxygen atoms in total. The van der Waals surface area contributed by atoms with E-state index in [9.17, 15) is 0 Å². The maximum absolute atomic E-state index is 8.49. The molecule has 1 heteroatoms. The molecule has 1 aliphatic rings. The second-order valence-electron chi connectivity index (χ2n) is 6.90. The van der Waals surface area contributed by atoms with Crippen molar-refractivity contribution in [1.29, 1.82) is 0 Å². The topological polar surface area (TPSA) is 12.9 Å². The summed E-state index contributed by atoms with van der Waals surface area (Å²) in [4.78, 5) is 4.30. The van der Waals surface area contributed by atoms with Gasteiger partial charge in [0.15, 0.2) is 0 Å². The Morgan fingerprint density at radius 2 is 2.04 bits per heavy atom.